The number of carbonyl (C=O) groups is 2. The fraction of sp³-hybridized carbons (Fsp3) is 0.333. The molecule has 0 spiro atoms. The highest BCUT2D eigenvalue weighted by atomic mass is 32.2. The number of methoxy groups -OCH3 is 1. The number of nitrogens with one attached hydrogen (secondary N) is 1. The first-order valence-corrected chi connectivity index (χ1v) is 12.9. The average Bonchev–Trinajstić information content (AvgIpc) is 3.29. The van der Waals surface area contributed by atoms with Crippen LogP contribution in [0.3, 0.4) is 0 Å². The van der Waals surface area contributed by atoms with Gasteiger partial charge in [0.05, 0.1) is 30.8 Å². The van der Waals surface area contributed by atoms with E-state index in [9.17, 15) is 9.59 Å². The molecule has 1 N–H and O–H groups in total. The molecule has 2 aliphatic heterocycles. The van der Waals surface area contributed by atoms with Crippen LogP contribution >= 0.6 is 11.8 Å². The average molecular weight is 506 g/mol. The molecule has 188 valence electrons. The summed E-state index contributed by atoms with van der Waals surface area (Å²) in [6.45, 7) is 7.42. The molecule has 0 saturated carbocycles. The van der Waals surface area contributed by atoms with Crippen LogP contribution < -0.4 is 10.1 Å². The number of fused-ring (bicyclic) bond motifs is 1. The molecule has 4 rings (SSSR count). The van der Waals surface area contributed by atoms with Gasteiger partial charge >= 0.3 is 0 Å². The molecular weight excluding hydrogens is 474 g/mol. The van der Waals surface area contributed by atoms with Crippen molar-refractivity contribution in [3.8, 4) is 5.75 Å². The van der Waals surface area contributed by atoms with Crippen LogP contribution in [0, 0.1) is 0 Å². The van der Waals surface area contributed by atoms with Crippen LogP contribution in [0.4, 0.5) is 0 Å². The fourth-order valence-electron chi connectivity index (χ4n) is 4.44. The molecule has 0 radical (unpaired) electrons. The molecule has 0 saturated heterocycles. The van der Waals surface area contributed by atoms with E-state index in [1.165, 1.54) is 11.8 Å². The topological polar surface area (TPSA) is 87.1 Å². The number of carbonyl (C=O) groups excluding carboxylic acids is 2. The summed E-state index contributed by atoms with van der Waals surface area (Å²) in [5.74, 6) is 0.510. The van der Waals surface area contributed by atoms with E-state index in [2.05, 4.69) is 10.3 Å². The Balaban J connectivity index is 1.68. The first-order valence-electron chi connectivity index (χ1n) is 12.0. The highest BCUT2D eigenvalue weighted by molar-refractivity contribution is 8.16. The van der Waals surface area contributed by atoms with Crippen molar-refractivity contribution in [1.82, 2.24) is 20.1 Å². The summed E-state index contributed by atoms with van der Waals surface area (Å²) < 4.78 is 5.70. The van der Waals surface area contributed by atoms with Gasteiger partial charge in [0.15, 0.2) is 5.17 Å². The Labute approximate surface area is 216 Å². The van der Waals surface area contributed by atoms with Crippen molar-refractivity contribution in [3.05, 3.63) is 82.3 Å². The normalized spacial score (nSPS) is 16.8. The van der Waals surface area contributed by atoms with Crippen LogP contribution in [0.15, 0.2) is 76.2 Å². The Morgan fingerprint density at radius 2 is 1.86 bits per heavy atom. The Hall–Kier alpha value is -3.59. The van der Waals surface area contributed by atoms with Crippen LogP contribution in [-0.2, 0) is 16.1 Å². The van der Waals surface area contributed by atoms with Crippen LogP contribution in [0.25, 0.3) is 0 Å². The van der Waals surface area contributed by atoms with Crippen molar-refractivity contribution in [3.63, 3.8) is 0 Å². The van der Waals surface area contributed by atoms with Crippen LogP contribution in [0.5, 0.6) is 5.75 Å². The second-order valence-electron chi connectivity index (χ2n) is 8.42. The number of para-hydroxylation sites is 1. The summed E-state index contributed by atoms with van der Waals surface area (Å²) in [6.07, 6.45) is 3.57. The minimum atomic E-state index is -0.462. The molecule has 1 unspecified atom stereocenters. The number of thioether (sulfide) groups is 1. The largest absolute Gasteiger partial charge is 0.496 e. The Morgan fingerprint density at radius 3 is 2.56 bits per heavy atom. The number of nitrogens with zero attached hydrogens (tertiary/aromatic N) is 4. The van der Waals surface area contributed by atoms with Gasteiger partial charge in [-0.3, -0.25) is 14.6 Å². The Bertz CT molecular complexity index is 1220. The van der Waals surface area contributed by atoms with Crippen molar-refractivity contribution in [2.75, 3.05) is 20.2 Å². The van der Waals surface area contributed by atoms with Gasteiger partial charge in [-0.15, -0.1) is 0 Å². The molecule has 9 heteroatoms. The lowest BCUT2D eigenvalue weighted by molar-refractivity contribution is -0.127. The van der Waals surface area contributed by atoms with Crippen molar-refractivity contribution in [1.29, 1.82) is 0 Å². The zero-order valence-electron chi connectivity index (χ0n) is 21.0. The molecule has 36 heavy (non-hydrogen) atoms. The molecule has 3 heterocycles. The summed E-state index contributed by atoms with van der Waals surface area (Å²) in [5, 5.41) is 5.68. The fourth-order valence-corrected chi connectivity index (χ4v) is 5.40. The smallest absolute Gasteiger partial charge is 0.254 e. The standard InChI is InChI=1S/C27H31N5O3S/c1-5-31(6-2)26(34)24-18(3)30-27-32(25(24)21-9-7-8-10-22(21)35-4)20(17-36-27)15-23(33)29-16-19-11-13-28-14-12-19/h7-14,17,25H,5-6,15-16H2,1-4H3,(H,29,33). The number of pyridine rings is 1. The van der Waals surface area contributed by atoms with Gasteiger partial charge in [-0.05, 0) is 49.9 Å². The molecule has 0 bridgehead atoms. The molecule has 2 aromatic rings. The van der Waals surface area contributed by atoms with Gasteiger partial charge < -0.3 is 19.9 Å². The molecule has 1 atom stereocenters. The summed E-state index contributed by atoms with van der Waals surface area (Å²) in [6, 6.07) is 11.0. The third-order valence-corrected chi connectivity index (χ3v) is 7.18. The number of amides is 2. The highest BCUT2D eigenvalue weighted by Gasteiger charge is 2.42. The second-order valence-corrected chi connectivity index (χ2v) is 9.26. The van der Waals surface area contributed by atoms with Crippen LogP contribution in [0.1, 0.15) is 44.4 Å². The molecule has 2 amide bonds. The number of likely N-dealkylation sites (N-methyl/N-ethyl adjacent to an activating group) is 1. The van der Waals surface area contributed by atoms with E-state index in [1.807, 2.05) is 67.5 Å². The van der Waals surface area contributed by atoms with Gasteiger partial charge in [-0.1, -0.05) is 30.0 Å². The number of hydrogen-bond acceptors (Lipinski definition) is 7. The van der Waals surface area contributed by atoms with Gasteiger partial charge in [0.2, 0.25) is 5.91 Å². The molecular formula is C27H31N5O3S. The van der Waals surface area contributed by atoms with E-state index in [4.69, 9.17) is 9.73 Å². The highest BCUT2D eigenvalue weighted by Crippen LogP contribution is 2.47. The number of rotatable bonds is 9. The van der Waals surface area contributed by atoms with Gasteiger partial charge in [-0.25, -0.2) is 4.99 Å². The summed E-state index contributed by atoms with van der Waals surface area (Å²) >= 11 is 1.47. The lowest BCUT2D eigenvalue weighted by Crippen LogP contribution is -2.42. The maximum atomic E-state index is 13.8. The monoisotopic (exact) mass is 505 g/mol. The first kappa shape index (κ1) is 25.5. The third-order valence-electron chi connectivity index (χ3n) is 6.30. The van der Waals surface area contributed by atoms with Crippen molar-refractivity contribution in [2.45, 2.75) is 39.8 Å². The van der Waals surface area contributed by atoms with Gasteiger partial charge in [0.1, 0.15) is 5.75 Å². The summed E-state index contributed by atoms with van der Waals surface area (Å²) in [5.41, 5.74) is 3.90. The van der Waals surface area contributed by atoms with E-state index in [0.29, 0.717) is 36.7 Å². The minimum Gasteiger partial charge on any atom is -0.496 e. The predicted octanol–water partition coefficient (Wildman–Crippen LogP) is 4.24. The summed E-state index contributed by atoms with van der Waals surface area (Å²) in [4.78, 5) is 39.3. The quantitative estimate of drug-likeness (QED) is 0.549. The number of aromatic nitrogens is 1. The number of benzene rings is 1. The number of hydrogen-bond donors (Lipinski definition) is 1. The summed E-state index contributed by atoms with van der Waals surface area (Å²) in [7, 11) is 1.63. The number of allylic oxidation sites excluding steroid dienone is 1. The molecule has 1 aromatic carbocycles. The molecule has 2 aliphatic rings. The van der Waals surface area contributed by atoms with E-state index >= 15 is 0 Å². The van der Waals surface area contributed by atoms with E-state index in [0.717, 1.165) is 22.0 Å². The van der Waals surface area contributed by atoms with Gasteiger partial charge in [0, 0.05) is 43.3 Å². The number of ether oxygens (including phenoxy) is 1. The van der Waals surface area contributed by atoms with Crippen LogP contribution in [0.2, 0.25) is 0 Å². The Kier molecular flexibility index (Phi) is 8.10. The zero-order valence-corrected chi connectivity index (χ0v) is 21.8. The van der Waals surface area contributed by atoms with E-state index in [1.54, 1.807) is 24.4 Å². The van der Waals surface area contributed by atoms with E-state index in [-0.39, 0.29) is 18.2 Å². The SMILES string of the molecule is CCN(CC)C(=O)C1=C(C)N=C2SC=C(CC(=O)NCc3ccncc3)N2C1c1ccccc1OC. The molecule has 0 aliphatic carbocycles. The molecule has 1 aromatic heterocycles. The minimum absolute atomic E-state index is 0.0606. The van der Waals surface area contributed by atoms with Gasteiger partial charge in [0.25, 0.3) is 5.91 Å². The lowest BCUT2D eigenvalue weighted by Gasteiger charge is -2.38. The van der Waals surface area contributed by atoms with Crippen molar-refractivity contribution in [2.24, 2.45) is 4.99 Å². The first-order chi connectivity index (χ1) is 17.5. The lowest BCUT2D eigenvalue weighted by atomic mass is 9.92. The predicted molar refractivity (Wildman–Crippen MR) is 142 cm³/mol. The number of amidine groups is 1. The number of aliphatic imine (C=N–C) groups is 1. The van der Waals surface area contributed by atoms with Crippen molar-refractivity contribution >= 4 is 28.7 Å². The third kappa shape index (κ3) is 5.16. The maximum absolute atomic E-state index is 13.8. The zero-order chi connectivity index (χ0) is 25.7. The second kappa shape index (κ2) is 11.4. The maximum Gasteiger partial charge on any atom is 0.254 e. The molecule has 8 nitrogen and oxygen atoms in total. The molecule has 0 fully saturated rings. The Morgan fingerprint density at radius 1 is 1.14 bits per heavy atom. The van der Waals surface area contributed by atoms with Crippen molar-refractivity contribution < 1.29 is 14.3 Å². The van der Waals surface area contributed by atoms with Gasteiger partial charge in [-0.2, -0.15) is 0 Å². The van der Waals surface area contributed by atoms with E-state index < -0.39 is 6.04 Å². The van der Waals surface area contributed by atoms with Crippen LogP contribution in [-0.4, -0.2) is 52.0 Å².